The van der Waals surface area contributed by atoms with E-state index in [-0.39, 0.29) is 0 Å². The van der Waals surface area contributed by atoms with Crippen molar-refractivity contribution in [3.05, 3.63) is 29.8 Å². The molecule has 1 unspecified atom stereocenters. The summed E-state index contributed by atoms with van der Waals surface area (Å²) in [5.41, 5.74) is 1.25. The molecule has 0 bridgehead atoms. The Morgan fingerprint density at radius 1 is 1.24 bits per heavy atom. The fourth-order valence-electron chi connectivity index (χ4n) is 2.75. The Morgan fingerprint density at radius 2 is 2.00 bits per heavy atom. The van der Waals surface area contributed by atoms with Crippen LogP contribution in [0.4, 0.5) is 0 Å². The van der Waals surface area contributed by atoms with Crippen LogP contribution in [0.15, 0.2) is 24.3 Å². The Labute approximate surface area is 132 Å². The van der Waals surface area contributed by atoms with Crippen LogP contribution in [0.1, 0.15) is 37.3 Å². The van der Waals surface area contributed by atoms with Gasteiger partial charge in [-0.3, -0.25) is 0 Å². The third-order valence-electron chi connectivity index (χ3n) is 3.99. The molecular formula is C17H27NO2S. The second-order valence-corrected chi connectivity index (χ2v) is 6.79. The molecular weight excluding hydrogens is 282 g/mol. The molecule has 2 rings (SSSR count). The summed E-state index contributed by atoms with van der Waals surface area (Å²) in [4.78, 5) is 0. The molecule has 0 saturated heterocycles. The van der Waals surface area contributed by atoms with E-state index in [1.54, 1.807) is 7.11 Å². The number of hydrogen-bond donors (Lipinski definition) is 1. The van der Waals surface area contributed by atoms with Crippen molar-refractivity contribution in [3.8, 4) is 5.75 Å². The van der Waals surface area contributed by atoms with Crippen molar-refractivity contribution in [1.82, 2.24) is 5.32 Å². The molecule has 0 aromatic heterocycles. The van der Waals surface area contributed by atoms with Gasteiger partial charge in [-0.25, -0.2) is 0 Å². The first-order chi connectivity index (χ1) is 10.3. The molecule has 1 aromatic rings. The number of para-hydroxylation sites is 1. The molecule has 1 aliphatic carbocycles. The summed E-state index contributed by atoms with van der Waals surface area (Å²) < 4.78 is 10.9. The van der Waals surface area contributed by atoms with E-state index >= 15 is 0 Å². The maximum absolute atomic E-state index is 5.86. The van der Waals surface area contributed by atoms with Crippen molar-refractivity contribution in [2.24, 2.45) is 0 Å². The van der Waals surface area contributed by atoms with Crippen LogP contribution in [0.3, 0.4) is 0 Å². The Kier molecular flexibility index (Phi) is 7.41. The fraction of sp³-hybridized carbons (Fsp3) is 0.647. The van der Waals surface area contributed by atoms with Crippen molar-refractivity contribution >= 4 is 11.8 Å². The van der Waals surface area contributed by atoms with Crippen molar-refractivity contribution in [3.63, 3.8) is 0 Å². The van der Waals surface area contributed by atoms with Crippen LogP contribution in [0.25, 0.3) is 0 Å². The van der Waals surface area contributed by atoms with E-state index in [0.717, 1.165) is 16.8 Å². The summed E-state index contributed by atoms with van der Waals surface area (Å²) in [6.07, 6.45) is 5.57. The minimum Gasteiger partial charge on any atom is -0.491 e. The summed E-state index contributed by atoms with van der Waals surface area (Å²) in [5.74, 6) is 2.08. The van der Waals surface area contributed by atoms with Crippen LogP contribution in [-0.4, -0.2) is 38.4 Å². The lowest BCUT2D eigenvalue weighted by Crippen LogP contribution is -2.21. The van der Waals surface area contributed by atoms with E-state index in [9.17, 15) is 0 Å². The number of rotatable bonds is 9. The third kappa shape index (κ3) is 5.20. The Hall–Kier alpha value is -0.710. The quantitative estimate of drug-likeness (QED) is 0.705. The van der Waals surface area contributed by atoms with E-state index in [1.165, 1.54) is 31.2 Å². The Balaban J connectivity index is 1.95. The molecule has 0 amide bonds. The monoisotopic (exact) mass is 309 g/mol. The molecule has 1 saturated carbocycles. The lowest BCUT2D eigenvalue weighted by molar-refractivity contribution is 0.145. The second-order valence-electron chi connectivity index (χ2n) is 5.46. The first kappa shape index (κ1) is 16.7. The lowest BCUT2D eigenvalue weighted by atomic mass is 10.1. The maximum Gasteiger partial charge on any atom is 0.124 e. The zero-order valence-corrected chi connectivity index (χ0v) is 14.0. The predicted molar refractivity (Wildman–Crippen MR) is 90.3 cm³/mol. The standard InChI is InChI=1S/C17H27NO2S/c1-18-16(13-21-14-7-3-4-8-14)15-9-5-6-10-17(15)20-12-11-19-2/h5-6,9-10,14,16,18H,3-4,7-8,11-13H2,1-2H3. The van der Waals surface area contributed by atoms with Gasteiger partial charge in [0.15, 0.2) is 0 Å². The molecule has 3 nitrogen and oxygen atoms in total. The summed E-state index contributed by atoms with van der Waals surface area (Å²) in [7, 11) is 3.73. The van der Waals surface area contributed by atoms with Gasteiger partial charge in [0.2, 0.25) is 0 Å². The molecule has 0 aliphatic heterocycles. The smallest absolute Gasteiger partial charge is 0.124 e. The third-order valence-corrected chi connectivity index (χ3v) is 5.46. The van der Waals surface area contributed by atoms with E-state index < -0.39 is 0 Å². The van der Waals surface area contributed by atoms with Crippen molar-refractivity contribution < 1.29 is 9.47 Å². The van der Waals surface area contributed by atoms with Crippen LogP contribution in [0, 0.1) is 0 Å². The van der Waals surface area contributed by atoms with Gasteiger partial charge in [0.05, 0.1) is 6.61 Å². The van der Waals surface area contributed by atoms with Gasteiger partial charge in [-0.15, -0.1) is 0 Å². The summed E-state index contributed by atoms with van der Waals surface area (Å²) >= 11 is 2.11. The largest absolute Gasteiger partial charge is 0.491 e. The zero-order valence-electron chi connectivity index (χ0n) is 13.1. The van der Waals surface area contributed by atoms with Gasteiger partial charge in [-0.05, 0) is 26.0 Å². The average Bonchev–Trinajstić information content (AvgIpc) is 3.03. The number of methoxy groups -OCH3 is 1. The van der Waals surface area contributed by atoms with Crippen LogP contribution >= 0.6 is 11.8 Å². The van der Waals surface area contributed by atoms with Gasteiger partial charge < -0.3 is 14.8 Å². The Bertz CT molecular complexity index is 408. The van der Waals surface area contributed by atoms with Crippen molar-refractivity contribution in [2.45, 2.75) is 37.0 Å². The summed E-state index contributed by atoms with van der Waals surface area (Å²) in [5, 5.41) is 4.29. The normalized spacial score (nSPS) is 17.0. The SMILES string of the molecule is CNC(CSC1CCCC1)c1ccccc1OCCOC. The molecule has 21 heavy (non-hydrogen) atoms. The van der Waals surface area contributed by atoms with E-state index in [0.29, 0.717) is 19.3 Å². The molecule has 0 radical (unpaired) electrons. The second kappa shape index (κ2) is 9.34. The van der Waals surface area contributed by atoms with Gasteiger partial charge in [0.1, 0.15) is 12.4 Å². The molecule has 1 aromatic carbocycles. The Morgan fingerprint density at radius 3 is 2.71 bits per heavy atom. The molecule has 1 atom stereocenters. The van der Waals surface area contributed by atoms with Gasteiger partial charge in [-0.2, -0.15) is 11.8 Å². The molecule has 0 heterocycles. The van der Waals surface area contributed by atoms with E-state index in [1.807, 2.05) is 13.1 Å². The first-order valence-electron chi connectivity index (χ1n) is 7.84. The molecule has 1 N–H and O–H groups in total. The number of hydrogen-bond acceptors (Lipinski definition) is 4. The van der Waals surface area contributed by atoms with Crippen molar-refractivity contribution in [1.29, 1.82) is 0 Å². The van der Waals surface area contributed by atoms with E-state index in [4.69, 9.17) is 9.47 Å². The highest BCUT2D eigenvalue weighted by Crippen LogP contribution is 2.34. The highest BCUT2D eigenvalue weighted by Gasteiger charge is 2.19. The van der Waals surface area contributed by atoms with Gasteiger partial charge in [-0.1, -0.05) is 31.0 Å². The van der Waals surface area contributed by atoms with E-state index in [2.05, 4.69) is 35.3 Å². The van der Waals surface area contributed by atoms with Gasteiger partial charge in [0, 0.05) is 29.7 Å². The highest BCUT2D eigenvalue weighted by atomic mass is 32.2. The van der Waals surface area contributed by atoms with Crippen LogP contribution in [0.5, 0.6) is 5.75 Å². The number of nitrogens with one attached hydrogen (secondary N) is 1. The minimum absolute atomic E-state index is 0.342. The zero-order chi connectivity index (χ0) is 14.9. The maximum atomic E-state index is 5.86. The molecule has 4 heteroatoms. The highest BCUT2D eigenvalue weighted by molar-refractivity contribution is 7.99. The molecule has 1 fully saturated rings. The van der Waals surface area contributed by atoms with Gasteiger partial charge in [0.25, 0.3) is 0 Å². The predicted octanol–water partition coefficient (Wildman–Crippen LogP) is 3.65. The molecule has 118 valence electrons. The topological polar surface area (TPSA) is 30.5 Å². The number of ether oxygens (including phenoxy) is 2. The molecule has 1 aliphatic rings. The summed E-state index contributed by atoms with van der Waals surface area (Å²) in [6, 6.07) is 8.67. The molecule has 0 spiro atoms. The minimum atomic E-state index is 0.342. The number of benzene rings is 1. The van der Waals surface area contributed by atoms with Crippen molar-refractivity contribution in [2.75, 3.05) is 33.1 Å². The average molecular weight is 309 g/mol. The van der Waals surface area contributed by atoms with Gasteiger partial charge >= 0.3 is 0 Å². The fourth-order valence-corrected chi connectivity index (χ4v) is 4.23. The summed E-state index contributed by atoms with van der Waals surface area (Å²) in [6.45, 7) is 1.22. The lowest BCUT2D eigenvalue weighted by Gasteiger charge is -2.21. The first-order valence-corrected chi connectivity index (χ1v) is 8.89. The van der Waals surface area contributed by atoms with Crippen LogP contribution in [-0.2, 0) is 4.74 Å². The van der Waals surface area contributed by atoms with Crippen LogP contribution in [0.2, 0.25) is 0 Å². The van der Waals surface area contributed by atoms with Crippen LogP contribution < -0.4 is 10.1 Å². The number of thioether (sulfide) groups is 1.